The first-order valence-electron chi connectivity index (χ1n) is 9.90. The van der Waals surface area contributed by atoms with Crippen LogP contribution in [0, 0.1) is 23.7 Å². The highest BCUT2D eigenvalue weighted by molar-refractivity contribution is 6.24. The van der Waals surface area contributed by atoms with Gasteiger partial charge < -0.3 is 15.3 Å². The summed E-state index contributed by atoms with van der Waals surface area (Å²) in [6.07, 6.45) is 1.15. The van der Waals surface area contributed by atoms with Crippen LogP contribution in [0.15, 0.2) is 11.3 Å². The quantitative estimate of drug-likeness (QED) is 0.512. The molecule has 1 aliphatic carbocycles. The third kappa shape index (κ3) is 4.55. The van der Waals surface area contributed by atoms with Crippen LogP contribution in [-0.4, -0.2) is 38.6 Å². The Morgan fingerprint density at radius 3 is 2.08 bits per heavy atom. The van der Waals surface area contributed by atoms with Crippen LogP contribution >= 0.6 is 0 Å². The number of carbonyl (C=O) groups is 2. The molecule has 0 aliphatic heterocycles. The second-order valence-electron chi connectivity index (χ2n) is 8.60. The minimum atomic E-state index is -2.07. The molecular weight excluding hydrogens is 332 g/mol. The van der Waals surface area contributed by atoms with Gasteiger partial charge in [0.15, 0.2) is 17.2 Å². The molecule has 0 saturated heterocycles. The van der Waals surface area contributed by atoms with Crippen LogP contribution < -0.4 is 0 Å². The number of hydrogen-bond acceptors (Lipinski definition) is 5. The fraction of sp³-hybridized carbons (Fsp3) is 0.810. The lowest BCUT2D eigenvalue weighted by Gasteiger charge is -2.34. The lowest BCUT2D eigenvalue weighted by Crippen LogP contribution is -2.49. The highest BCUT2D eigenvalue weighted by Crippen LogP contribution is 2.44. The number of carbonyl (C=O) groups excluding carboxylic acids is 2. The molecule has 4 atom stereocenters. The van der Waals surface area contributed by atoms with Crippen molar-refractivity contribution in [3.05, 3.63) is 11.3 Å². The third-order valence-corrected chi connectivity index (χ3v) is 5.57. The Kier molecular flexibility index (Phi) is 8.03. The summed E-state index contributed by atoms with van der Waals surface area (Å²) in [6, 6.07) is 0. The molecule has 0 aromatic rings. The Labute approximate surface area is 157 Å². The number of aliphatic hydroxyl groups excluding tert-OH is 2. The first-order chi connectivity index (χ1) is 12.0. The van der Waals surface area contributed by atoms with Gasteiger partial charge in [-0.05, 0) is 37.5 Å². The number of rotatable bonds is 10. The van der Waals surface area contributed by atoms with Gasteiger partial charge in [-0.15, -0.1) is 0 Å². The first-order valence-corrected chi connectivity index (χ1v) is 9.90. The van der Waals surface area contributed by atoms with Crippen molar-refractivity contribution in [3.8, 4) is 0 Å². The topological polar surface area (TPSA) is 94.8 Å². The van der Waals surface area contributed by atoms with Gasteiger partial charge in [0.2, 0.25) is 0 Å². The summed E-state index contributed by atoms with van der Waals surface area (Å²) in [6.45, 7) is 11.5. The van der Waals surface area contributed by atoms with E-state index in [4.69, 9.17) is 0 Å². The van der Waals surface area contributed by atoms with Gasteiger partial charge in [-0.1, -0.05) is 48.0 Å². The molecule has 150 valence electrons. The fourth-order valence-electron chi connectivity index (χ4n) is 3.48. The van der Waals surface area contributed by atoms with Gasteiger partial charge in [-0.3, -0.25) is 9.59 Å². The maximum Gasteiger partial charge on any atom is 0.176 e. The van der Waals surface area contributed by atoms with Crippen LogP contribution in [0.3, 0.4) is 0 Å². The molecule has 1 unspecified atom stereocenters. The van der Waals surface area contributed by atoms with Crippen molar-refractivity contribution in [1.82, 2.24) is 0 Å². The number of allylic oxidation sites excluding steroid dienone is 1. The Bertz CT molecular complexity index is 549. The minimum Gasteiger partial charge on any atom is -0.508 e. The van der Waals surface area contributed by atoms with Gasteiger partial charge in [0.05, 0.1) is 12.0 Å². The molecule has 0 radical (unpaired) electrons. The molecule has 0 saturated carbocycles. The standard InChI is InChI=1S/C21H36O5/c1-7-14(6)18(23)17-19(24)15(10-8-12(2)3)21(26,20(17)25)16(22)11-9-13(4)5/h12-16,22,25-26H,7-11H2,1-6H3/t14?,15-,16-,21-/m1/s1. The summed E-state index contributed by atoms with van der Waals surface area (Å²) >= 11 is 0. The van der Waals surface area contributed by atoms with Gasteiger partial charge in [-0.2, -0.15) is 0 Å². The molecule has 0 spiro atoms. The fourth-order valence-corrected chi connectivity index (χ4v) is 3.48. The Balaban J connectivity index is 3.29. The molecule has 1 rings (SSSR count). The second-order valence-corrected chi connectivity index (χ2v) is 8.60. The van der Waals surface area contributed by atoms with E-state index in [0.29, 0.717) is 37.5 Å². The van der Waals surface area contributed by atoms with Crippen molar-refractivity contribution in [2.24, 2.45) is 23.7 Å². The van der Waals surface area contributed by atoms with E-state index in [0.717, 1.165) is 0 Å². The van der Waals surface area contributed by atoms with Crippen LogP contribution in [0.2, 0.25) is 0 Å². The van der Waals surface area contributed by atoms with E-state index in [2.05, 4.69) is 0 Å². The van der Waals surface area contributed by atoms with Crippen LogP contribution in [0.25, 0.3) is 0 Å². The zero-order valence-electron chi connectivity index (χ0n) is 17.1. The van der Waals surface area contributed by atoms with Crippen LogP contribution in [-0.2, 0) is 9.59 Å². The van der Waals surface area contributed by atoms with Crippen molar-refractivity contribution < 1.29 is 24.9 Å². The van der Waals surface area contributed by atoms with Gasteiger partial charge in [-0.25, -0.2) is 0 Å². The van der Waals surface area contributed by atoms with Gasteiger partial charge in [0.1, 0.15) is 11.3 Å². The van der Waals surface area contributed by atoms with Crippen LogP contribution in [0.1, 0.15) is 73.6 Å². The average Bonchev–Trinajstić information content (AvgIpc) is 2.76. The summed E-state index contributed by atoms with van der Waals surface area (Å²) in [4.78, 5) is 25.6. The zero-order chi connectivity index (χ0) is 20.2. The summed E-state index contributed by atoms with van der Waals surface area (Å²) in [5, 5.41) is 32.6. The van der Waals surface area contributed by atoms with E-state index >= 15 is 0 Å². The van der Waals surface area contributed by atoms with Crippen LogP contribution in [0.4, 0.5) is 0 Å². The minimum absolute atomic E-state index is 0.258. The third-order valence-electron chi connectivity index (χ3n) is 5.57. The first kappa shape index (κ1) is 22.8. The van der Waals surface area contributed by atoms with Crippen molar-refractivity contribution in [1.29, 1.82) is 0 Å². The highest BCUT2D eigenvalue weighted by Gasteiger charge is 2.58. The SMILES string of the molecule is CCC(C)C(=O)C1=C(O)[C@](O)([C@H](O)CCC(C)C)[C@H](CCC(C)C)C1=O. The smallest absolute Gasteiger partial charge is 0.176 e. The molecule has 0 aromatic heterocycles. The van der Waals surface area contributed by atoms with E-state index in [1.54, 1.807) is 6.92 Å². The molecule has 5 heteroatoms. The summed E-state index contributed by atoms with van der Waals surface area (Å²) in [7, 11) is 0. The number of Topliss-reactive ketones (excluding diaryl/α,β-unsaturated/α-hetero) is 2. The molecule has 0 heterocycles. The predicted molar refractivity (Wildman–Crippen MR) is 102 cm³/mol. The molecule has 0 aromatic carbocycles. The van der Waals surface area contributed by atoms with E-state index < -0.39 is 40.9 Å². The normalized spacial score (nSPS) is 26.1. The molecule has 3 N–H and O–H groups in total. The van der Waals surface area contributed by atoms with Crippen molar-refractivity contribution >= 4 is 11.6 Å². The summed E-state index contributed by atoms with van der Waals surface area (Å²) in [5.41, 5.74) is -2.38. The second kappa shape index (κ2) is 9.14. The highest BCUT2D eigenvalue weighted by atomic mass is 16.4. The van der Waals surface area contributed by atoms with Crippen molar-refractivity contribution in [2.75, 3.05) is 0 Å². The molecule has 0 bridgehead atoms. The molecule has 5 nitrogen and oxygen atoms in total. The monoisotopic (exact) mass is 368 g/mol. The van der Waals surface area contributed by atoms with Gasteiger partial charge in [0, 0.05) is 5.92 Å². The van der Waals surface area contributed by atoms with Crippen molar-refractivity contribution in [3.63, 3.8) is 0 Å². The van der Waals surface area contributed by atoms with Gasteiger partial charge in [0.25, 0.3) is 0 Å². The number of hydrogen-bond donors (Lipinski definition) is 3. The zero-order valence-corrected chi connectivity index (χ0v) is 17.1. The lowest BCUT2D eigenvalue weighted by atomic mass is 9.78. The Morgan fingerprint density at radius 1 is 1.08 bits per heavy atom. The summed E-state index contributed by atoms with van der Waals surface area (Å²) < 4.78 is 0. The average molecular weight is 369 g/mol. The van der Waals surface area contributed by atoms with E-state index in [-0.39, 0.29) is 12.0 Å². The maximum atomic E-state index is 12.9. The van der Waals surface area contributed by atoms with Crippen molar-refractivity contribution in [2.45, 2.75) is 85.4 Å². The summed E-state index contributed by atoms with van der Waals surface area (Å²) in [5.74, 6) is -2.39. The molecule has 0 fully saturated rings. The molecule has 26 heavy (non-hydrogen) atoms. The Hall–Kier alpha value is -1.20. The van der Waals surface area contributed by atoms with Gasteiger partial charge >= 0.3 is 0 Å². The maximum absolute atomic E-state index is 12.9. The van der Waals surface area contributed by atoms with E-state index in [9.17, 15) is 24.9 Å². The Morgan fingerprint density at radius 2 is 1.62 bits per heavy atom. The predicted octanol–water partition coefficient (Wildman–Crippen LogP) is 3.58. The largest absolute Gasteiger partial charge is 0.508 e. The van der Waals surface area contributed by atoms with E-state index in [1.165, 1.54) is 0 Å². The molecular formula is C21H36O5. The number of ketones is 2. The van der Waals surface area contributed by atoms with E-state index in [1.807, 2.05) is 34.6 Å². The molecule has 1 aliphatic rings. The number of aliphatic hydroxyl groups is 3. The van der Waals surface area contributed by atoms with Crippen LogP contribution in [0.5, 0.6) is 0 Å². The lowest BCUT2D eigenvalue weighted by molar-refractivity contribution is -0.137. The molecule has 0 amide bonds.